The molecule has 1 fully saturated rings. The number of rotatable bonds is 0. The molecule has 72 valence electrons. The van der Waals surface area contributed by atoms with Crippen LogP contribution in [0.25, 0.3) is 0 Å². The van der Waals surface area contributed by atoms with Crippen LogP contribution in [0.2, 0.25) is 0 Å². The molecule has 2 heterocycles. The van der Waals surface area contributed by atoms with Crippen molar-refractivity contribution in [1.82, 2.24) is 4.98 Å². The molecule has 1 saturated heterocycles. The first-order valence-electron chi connectivity index (χ1n) is 4.59. The predicted octanol–water partition coefficient (Wildman–Crippen LogP) is 2.20. The van der Waals surface area contributed by atoms with Crippen molar-refractivity contribution in [3.63, 3.8) is 0 Å². The second kappa shape index (κ2) is 7.71. The first-order valence-corrected chi connectivity index (χ1v) is 4.59. The van der Waals surface area contributed by atoms with Gasteiger partial charge in [-0.25, -0.2) is 9.78 Å². The number of hydrogen-bond acceptors (Lipinski definition) is 3. The number of hydrogen-bond donors (Lipinski definition) is 0. The van der Waals surface area contributed by atoms with Gasteiger partial charge in [0.05, 0.1) is 13.2 Å². The SMILES string of the molecule is C1CCOOCC1.c1ccncc1. The molecule has 1 aliphatic heterocycles. The molecular weight excluding hydrogens is 166 g/mol. The van der Waals surface area contributed by atoms with Gasteiger partial charge in [0.15, 0.2) is 0 Å². The van der Waals surface area contributed by atoms with Crippen LogP contribution in [0.1, 0.15) is 19.3 Å². The second-order valence-corrected chi connectivity index (χ2v) is 2.73. The molecule has 3 nitrogen and oxygen atoms in total. The minimum Gasteiger partial charge on any atom is -0.265 e. The van der Waals surface area contributed by atoms with Crippen LogP contribution in [0.15, 0.2) is 30.6 Å². The Labute approximate surface area is 78.6 Å². The molecule has 0 aliphatic carbocycles. The van der Waals surface area contributed by atoms with E-state index in [4.69, 9.17) is 9.78 Å². The molecule has 0 radical (unpaired) electrons. The summed E-state index contributed by atoms with van der Waals surface area (Å²) < 4.78 is 0. The van der Waals surface area contributed by atoms with Crippen molar-refractivity contribution in [3.05, 3.63) is 30.6 Å². The smallest absolute Gasteiger partial charge is 0.0822 e. The lowest BCUT2D eigenvalue weighted by Crippen LogP contribution is -1.90. The fraction of sp³-hybridized carbons (Fsp3) is 0.500. The van der Waals surface area contributed by atoms with Crippen LogP contribution in [0.4, 0.5) is 0 Å². The van der Waals surface area contributed by atoms with Gasteiger partial charge in [-0.15, -0.1) is 0 Å². The maximum Gasteiger partial charge on any atom is 0.0822 e. The van der Waals surface area contributed by atoms with E-state index >= 15 is 0 Å². The molecule has 3 heteroatoms. The number of aromatic nitrogens is 1. The normalized spacial score (nSPS) is 16.6. The Kier molecular flexibility index (Phi) is 6.02. The topological polar surface area (TPSA) is 31.4 Å². The minimum atomic E-state index is 0.778. The molecule has 1 aromatic rings. The van der Waals surface area contributed by atoms with Crippen molar-refractivity contribution in [2.75, 3.05) is 13.2 Å². The Morgan fingerprint density at radius 3 is 1.77 bits per heavy atom. The third-order valence-corrected chi connectivity index (χ3v) is 1.61. The zero-order chi connectivity index (χ0) is 9.19. The Hall–Kier alpha value is -0.930. The van der Waals surface area contributed by atoms with Crippen LogP contribution in [-0.4, -0.2) is 18.2 Å². The van der Waals surface area contributed by atoms with Gasteiger partial charge in [0.25, 0.3) is 0 Å². The van der Waals surface area contributed by atoms with E-state index in [1.165, 1.54) is 6.42 Å². The molecule has 0 atom stereocenters. The highest BCUT2D eigenvalue weighted by Crippen LogP contribution is 2.01. The molecule has 0 unspecified atom stereocenters. The lowest BCUT2D eigenvalue weighted by Gasteiger charge is -1.92. The fourth-order valence-corrected chi connectivity index (χ4v) is 0.929. The van der Waals surface area contributed by atoms with Crippen molar-refractivity contribution < 1.29 is 9.78 Å². The van der Waals surface area contributed by atoms with E-state index in [2.05, 4.69) is 4.98 Å². The van der Waals surface area contributed by atoms with E-state index in [0.717, 1.165) is 26.1 Å². The summed E-state index contributed by atoms with van der Waals surface area (Å²) in [6.45, 7) is 1.56. The molecule has 1 aliphatic rings. The average Bonchev–Trinajstić information content (AvgIpc) is 2.53. The maximum absolute atomic E-state index is 4.69. The quantitative estimate of drug-likeness (QED) is 0.575. The zero-order valence-electron chi connectivity index (χ0n) is 7.69. The van der Waals surface area contributed by atoms with Crippen LogP contribution in [0.5, 0.6) is 0 Å². The van der Waals surface area contributed by atoms with E-state index < -0.39 is 0 Å². The monoisotopic (exact) mass is 181 g/mol. The molecule has 0 bridgehead atoms. The van der Waals surface area contributed by atoms with Crippen LogP contribution < -0.4 is 0 Å². The highest BCUT2D eigenvalue weighted by Gasteiger charge is 1.95. The fourth-order valence-electron chi connectivity index (χ4n) is 0.929. The summed E-state index contributed by atoms with van der Waals surface area (Å²) in [5.41, 5.74) is 0. The number of nitrogens with zero attached hydrogens (tertiary/aromatic N) is 1. The summed E-state index contributed by atoms with van der Waals surface area (Å²) in [6, 6.07) is 5.72. The van der Waals surface area contributed by atoms with Crippen molar-refractivity contribution in [3.8, 4) is 0 Å². The van der Waals surface area contributed by atoms with E-state index in [-0.39, 0.29) is 0 Å². The molecule has 13 heavy (non-hydrogen) atoms. The van der Waals surface area contributed by atoms with Crippen LogP contribution in [-0.2, 0) is 9.78 Å². The molecule has 1 aromatic heterocycles. The first kappa shape index (κ1) is 10.2. The Morgan fingerprint density at radius 2 is 1.38 bits per heavy atom. The Bertz CT molecular complexity index is 145. The summed E-state index contributed by atoms with van der Waals surface area (Å²) in [7, 11) is 0. The van der Waals surface area contributed by atoms with Gasteiger partial charge in [-0.05, 0) is 31.4 Å². The van der Waals surface area contributed by atoms with E-state index in [1.807, 2.05) is 18.2 Å². The van der Waals surface area contributed by atoms with Gasteiger partial charge in [0.2, 0.25) is 0 Å². The minimum absolute atomic E-state index is 0.778. The summed E-state index contributed by atoms with van der Waals surface area (Å²) in [4.78, 5) is 13.2. The lowest BCUT2D eigenvalue weighted by molar-refractivity contribution is -0.287. The van der Waals surface area contributed by atoms with Crippen molar-refractivity contribution in [2.24, 2.45) is 0 Å². The van der Waals surface area contributed by atoms with Gasteiger partial charge in [0.1, 0.15) is 0 Å². The largest absolute Gasteiger partial charge is 0.265 e. The standard InChI is InChI=1S/C5H5N.C5H10O2/c1-2-4-6-5-3-1;1-2-4-6-7-5-3-1/h1-5H;1-5H2. The zero-order valence-corrected chi connectivity index (χ0v) is 7.69. The highest BCUT2D eigenvalue weighted by molar-refractivity contribution is 4.88. The number of pyridine rings is 1. The van der Waals surface area contributed by atoms with Crippen LogP contribution >= 0.6 is 0 Å². The lowest BCUT2D eigenvalue weighted by atomic mass is 10.3. The Morgan fingerprint density at radius 1 is 0.769 bits per heavy atom. The average molecular weight is 181 g/mol. The van der Waals surface area contributed by atoms with E-state index in [9.17, 15) is 0 Å². The van der Waals surface area contributed by atoms with Gasteiger partial charge in [-0.1, -0.05) is 6.07 Å². The van der Waals surface area contributed by atoms with Gasteiger partial charge >= 0.3 is 0 Å². The molecule has 0 spiro atoms. The predicted molar refractivity (Wildman–Crippen MR) is 50.0 cm³/mol. The Balaban J connectivity index is 0.000000132. The first-order chi connectivity index (χ1) is 6.50. The second-order valence-electron chi connectivity index (χ2n) is 2.73. The highest BCUT2D eigenvalue weighted by atomic mass is 17.2. The van der Waals surface area contributed by atoms with Crippen molar-refractivity contribution in [2.45, 2.75) is 19.3 Å². The van der Waals surface area contributed by atoms with Gasteiger partial charge in [0, 0.05) is 12.4 Å². The van der Waals surface area contributed by atoms with Gasteiger partial charge in [-0.3, -0.25) is 4.98 Å². The van der Waals surface area contributed by atoms with Crippen molar-refractivity contribution in [1.29, 1.82) is 0 Å². The maximum atomic E-state index is 4.69. The van der Waals surface area contributed by atoms with Gasteiger partial charge < -0.3 is 0 Å². The third-order valence-electron chi connectivity index (χ3n) is 1.61. The summed E-state index contributed by atoms with van der Waals surface area (Å²) in [6.07, 6.45) is 7.06. The summed E-state index contributed by atoms with van der Waals surface area (Å²) in [5.74, 6) is 0. The van der Waals surface area contributed by atoms with Crippen LogP contribution in [0, 0.1) is 0 Å². The molecule has 2 rings (SSSR count). The van der Waals surface area contributed by atoms with E-state index in [1.54, 1.807) is 12.4 Å². The molecule has 0 saturated carbocycles. The molecule has 0 aromatic carbocycles. The summed E-state index contributed by atoms with van der Waals surface area (Å²) in [5, 5.41) is 0. The summed E-state index contributed by atoms with van der Waals surface area (Å²) >= 11 is 0. The third kappa shape index (κ3) is 6.25. The van der Waals surface area contributed by atoms with E-state index in [0.29, 0.717) is 0 Å². The molecular formula is C10H15NO2. The molecule has 0 amide bonds. The van der Waals surface area contributed by atoms with Gasteiger partial charge in [-0.2, -0.15) is 0 Å². The van der Waals surface area contributed by atoms with Crippen LogP contribution in [0.3, 0.4) is 0 Å². The molecule has 0 N–H and O–H groups in total. The van der Waals surface area contributed by atoms with Crippen molar-refractivity contribution >= 4 is 0 Å².